The van der Waals surface area contributed by atoms with Gasteiger partial charge >= 0.3 is 0 Å². The number of nitrogens with zero attached hydrogens (tertiary/aromatic N) is 4. The third-order valence-electron chi connectivity index (χ3n) is 7.74. The average Bonchev–Trinajstić information content (AvgIpc) is 3.32. The van der Waals surface area contributed by atoms with Gasteiger partial charge in [0.2, 0.25) is 0 Å². The molecule has 2 aliphatic rings. The van der Waals surface area contributed by atoms with Crippen molar-refractivity contribution in [3.05, 3.63) is 89.2 Å². The highest BCUT2D eigenvalue weighted by Gasteiger charge is 2.33. The van der Waals surface area contributed by atoms with Crippen LogP contribution < -0.4 is 19.7 Å². The summed E-state index contributed by atoms with van der Waals surface area (Å²) in [5.41, 5.74) is 2.79. The Labute approximate surface area is 242 Å². The Morgan fingerprint density at radius 3 is 2.40 bits per heavy atom. The summed E-state index contributed by atoms with van der Waals surface area (Å²) in [5, 5.41) is 3.23. The monoisotopic (exact) mass is 571 g/mol. The van der Waals surface area contributed by atoms with Crippen LogP contribution in [0.25, 0.3) is 11.3 Å². The Kier molecular flexibility index (Phi) is 7.60. The maximum absolute atomic E-state index is 14.8. The second-order valence-electron chi connectivity index (χ2n) is 10.4. The normalized spacial score (nSPS) is 14.6. The molecule has 1 saturated heterocycles. The molecule has 2 aromatic heterocycles. The van der Waals surface area contributed by atoms with E-state index in [1.54, 1.807) is 37.4 Å². The number of piperidine rings is 1. The molecule has 0 unspecified atom stereocenters. The van der Waals surface area contributed by atoms with Crippen molar-refractivity contribution in [2.24, 2.45) is 0 Å². The van der Waals surface area contributed by atoms with E-state index in [4.69, 9.17) is 9.47 Å². The summed E-state index contributed by atoms with van der Waals surface area (Å²) >= 11 is 0. The summed E-state index contributed by atoms with van der Waals surface area (Å²) in [6.07, 6.45) is 5.34. The average molecular weight is 572 g/mol. The number of ether oxygens (including phenoxy) is 2. The van der Waals surface area contributed by atoms with Crippen LogP contribution in [0.5, 0.6) is 11.5 Å². The fraction of sp³-hybridized carbons (Fsp3) is 0.281. The number of hydrogen-bond acceptors (Lipinski definition) is 7. The molecule has 0 spiro atoms. The van der Waals surface area contributed by atoms with E-state index in [9.17, 15) is 13.6 Å². The highest BCUT2D eigenvalue weighted by molar-refractivity contribution is 6.04. The van der Waals surface area contributed by atoms with Gasteiger partial charge in [0.05, 0.1) is 67.4 Å². The molecule has 0 radical (unpaired) electrons. The van der Waals surface area contributed by atoms with Crippen LogP contribution in [0.4, 0.5) is 26.0 Å². The number of carbonyl (C=O) groups is 1. The second kappa shape index (κ2) is 11.6. The van der Waals surface area contributed by atoms with Gasteiger partial charge in [-0.25, -0.2) is 18.7 Å². The lowest BCUT2D eigenvalue weighted by molar-refractivity contribution is 0.0766. The number of rotatable bonds is 8. The van der Waals surface area contributed by atoms with Crippen molar-refractivity contribution >= 4 is 23.1 Å². The Balaban J connectivity index is 1.35. The first-order valence-corrected chi connectivity index (χ1v) is 13.9. The molecule has 4 heterocycles. The minimum atomic E-state index is -0.735. The van der Waals surface area contributed by atoms with Crippen molar-refractivity contribution in [2.45, 2.75) is 32.4 Å². The summed E-state index contributed by atoms with van der Waals surface area (Å²) in [6, 6.07) is 14.4. The Hall–Kier alpha value is -4.73. The van der Waals surface area contributed by atoms with Crippen LogP contribution in [0.3, 0.4) is 0 Å². The third kappa shape index (κ3) is 5.32. The van der Waals surface area contributed by atoms with Crippen molar-refractivity contribution in [1.29, 1.82) is 0 Å². The van der Waals surface area contributed by atoms with Gasteiger partial charge in [0.15, 0.2) is 0 Å². The van der Waals surface area contributed by atoms with Gasteiger partial charge in [-0.2, -0.15) is 0 Å². The number of amides is 1. The highest BCUT2D eigenvalue weighted by Crippen LogP contribution is 2.37. The molecule has 4 aromatic rings. The summed E-state index contributed by atoms with van der Waals surface area (Å²) in [4.78, 5) is 26.9. The largest absolute Gasteiger partial charge is 0.497 e. The standard InChI is InChI=1S/C32H31F2N5O3/c1-41-22-11-9-20(28(15-22)42-2)18-39-19-27-31(32(39)40)26(16-25(36-27)30-23(33)7-6-8-24(30)34)37-29-12-10-21(17-35-29)38-13-4-3-5-14-38/h6-12,15-17H,3-5,13-14,18-19H2,1-2H3,(H,35,36,37). The number of nitrogens with one attached hydrogen (secondary N) is 1. The molecule has 1 N–H and O–H groups in total. The highest BCUT2D eigenvalue weighted by atomic mass is 19.1. The van der Waals surface area contributed by atoms with Gasteiger partial charge in [0.25, 0.3) is 5.91 Å². The quantitative estimate of drug-likeness (QED) is 0.265. The topological polar surface area (TPSA) is 79.8 Å². The molecular weight excluding hydrogens is 540 g/mol. The number of anilines is 3. The van der Waals surface area contributed by atoms with Gasteiger partial charge in [0, 0.05) is 24.7 Å². The van der Waals surface area contributed by atoms with Gasteiger partial charge < -0.3 is 24.6 Å². The zero-order chi connectivity index (χ0) is 29.2. The van der Waals surface area contributed by atoms with Crippen molar-refractivity contribution in [3.63, 3.8) is 0 Å². The van der Waals surface area contributed by atoms with E-state index in [2.05, 4.69) is 20.2 Å². The van der Waals surface area contributed by atoms with Crippen LogP contribution in [-0.4, -0.2) is 48.1 Å². The fourth-order valence-electron chi connectivity index (χ4n) is 5.58. The van der Waals surface area contributed by atoms with Crippen LogP contribution >= 0.6 is 0 Å². The first kappa shape index (κ1) is 27.4. The maximum atomic E-state index is 14.8. The Morgan fingerprint density at radius 1 is 0.929 bits per heavy atom. The molecule has 6 rings (SSSR count). The van der Waals surface area contributed by atoms with E-state index in [1.807, 2.05) is 18.2 Å². The van der Waals surface area contributed by atoms with Crippen molar-refractivity contribution in [2.75, 3.05) is 37.5 Å². The fourth-order valence-corrected chi connectivity index (χ4v) is 5.58. The SMILES string of the molecule is COc1ccc(CN2Cc3nc(-c4c(F)cccc4F)cc(Nc4ccc(N5CCCCC5)cn4)c3C2=O)c(OC)c1. The Bertz CT molecular complexity index is 1600. The smallest absolute Gasteiger partial charge is 0.258 e. The number of aromatic nitrogens is 2. The Morgan fingerprint density at radius 2 is 1.71 bits per heavy atom. The molecule has 8 nitrogen and oxygen atoms in total. The van der Waals surface area contributed by atoms with E-state index >= 15 is 0 Å². The van der Waals surface area contributed by atoms with E-state index in [1.165, 1.54) is 30.7 Å². The molecule has 0 saturated carbocycles. The molecule has 2 aliphatic heterocycles. The summed E-state index contributed by atoms with van der Waals surface area (Å²) in [6.45, 7) is 2.39. The zero-order valence-electron chi connectivity index (χ0n) is 23.5. The number of benzene rings is 2. The van der Waals surface area contributed by atoms with Crippen LogP contribution in [-0.2, 0) is 13.1 Å². The van der Waals surface area contributed by atoms with E-state index in [0.29, 0.717) is 34.3 Å². The van der Waals surface area contributed by atoms with Gasteiger partial charge in [-0.05, 0) is 61.7 Å². The molecule has 2 aromatic carbocycles. The van der Waals surface area contributed by atoms with Crippen molar-refractivity contribution in [1.82, 2.24) is 14.9 Å². The molecular formula is C32H31F2N5O3. The van der Waals surface area contributed by atoms with Gasteiger partial charge in [-0.3, -0.25) is 4.79 Å². The molecule has 0 bridgehead atoms. The predicted octanol–water partition coefficient (Wildman–Crippen LogP) is 6.33. The van der Waals surface area contributed by atoms with Gasteiger partial charge in [-0.15, -0.1) is 0 Å². The third-order valence-corrected chi connectivity index (χ3v) is 7.74. The first-order valence-electron chi connectivity index (χ1n) is 13.9. The van der Waals surface area contributed by atoms with Crippen LogP contribution in [0.2, 0.25) is 0 Å². The van der Waals surface area contributed by atoms with E-state index < -0.39 is 11.6 Å². The minimum Gasteiger partial charge on any atom is -0.497 e. The van der Waals surface area contributed by atoms with Crippen molar-refractivity contribution in [3.8, 4) is 22.8 Å². The first-order chi connectivity index (χ1) is 20.4. The lowest BCUT2D eigenvalue weighted by atomic mass is 10.1. The number of fused-ring (bicyclic) bond motifs is 1. The summed E-state index contributed by atoms with van der Waals surface area (Å²) < 4.78 is 40.5. The summed E-state index contributed by atoms with van der Waals surface area (Å²) in [7, 11) is 3.13. The number of methoxy groups -OCH3 is 2. The van der Waals surface area contributed by atoms with Crippen LogP contribution in [0.1, 0.15) is 40.9 Å². The lowest BCUT2D eigenvalue weighted by Crippen LogP contribution is -2.29. The minimum absolute atomic E-state index is 0.0912. The zero-order valence-corrected chi connectivity index (χ0v) is 23.5. The number of halogens is 2. The lowest BCUT2D eigenvalue weighted by Gasteiger charge is -2.28. The molecule has 0 atom stereocenters. The predicted molar refractivity (Wildman–Crippen MR) is 156 cm³/mol. The number of carbonyl (C=O) groups excluding carboxylic acids is 1. The summed E-state index contributed by atoms with van der Waals surface area (Å²) in [5.74, 6) is -0.00894. The van der Waals surface area contributed by atoms with E-state index in [0.717, 1.165) is 37.2 Å². The molecule has 1 fully saturated rings. The van der Waals surface area contributed by atoms with Gasteiger partial charge in [-0.1, -0.05) is 6.07 Å². The van der Waals surface area contributed by atoms with Crippen LogP contribution in [0, 0.1) is 11.6 Å². The molecule has 216 valence electrons. The molecule has 42 heavy (non-hydrogen) atoms. The molecule has 10 heteroatoms. The second-order valence-corrected chi connectivity index (χ2v) is 10.4. The molecule has 1 amide bonds. The van der Waals surface area contributed by atoms with Crippen molar-refractivity contribution < 1.29 is 23.0 Å². The van der Waals surface area contributed by atoms with E-state index in [-0.39, 0.29) is 30.3 Å². The van der Waals surface area contributed by atoms with Gasteiger partial charge in [0.1, 0.15) is 29.0 Å². The van der Waals surface area contributed by atoms with Crippen LogP contribution in [0.15, 0.2) is 60.8 Å². The number of hydrogen-bond donors (Lipinski definition) is 1. The molecule has 0 aliphatic carbocycles. The number of pyridine rings is 2. The maximum Gasteiger partial charge on any atom is 0.258 e.